The molecular formula is C22H16Br2N4O3S2. The van der Waals surface area contributed by atoms with Crippen molar-refractivity contribution in [3.05, 3.63) is 73.2 Å². The first-order chi connectivity index (χ1) is 15.7. The zero-order valence-electron chi connectivity index (χ0n) is 16.8. The molecule has 0 fully saturated rings. The van der Waals surface area contributed by atoms with Crippen LogP contribution in [0.1, 0.15) is 11.4 Å². The second-order valence-electron chi connectivity index (χ2n) is 7.04. The summed E-state index contributed by atoms with van der Waals surface area (Å²) in [5.74, 6) is -1.66. The average molecular weight is 608 g/mol. The number of benzene rings is 2. The summed E-state index contributed by atoms with van der Waals surface area (Å²) in [6.45, 7) is 0. The number of aliphatic hydroxyl groups is 1. The van der Waals surface area contributed by atoms with Crippen molar-refractivity contribution in [2.75, 3.05) is 5.32 Å². The van der Waals surface area contributed by atoms with Crippen LogP contribution < -0.4 is 11.1 Å². The van der Waals surface area contributed by atoms with Crippen molar-refractivity contribution in [3.63, 3.8) is 0 Å². The molecule has 4 N–H and O–H groups in total. The molecule has 7 nitrogen and oxygen atoms in total. The number of aromatic nitrogens is 2. The Morgan fingerprint density at radius 2 is 1.42 bits per heavy atom. The number of amides is 2. The van der Waals surface area contributed by atoms with E-state index in [1.165, 1.54) is 11.3 Å². The quantitative estimate of drug-likeness (QED) is 0.268. The number of primary amides is 1. The van der Waals surface area contributed by atoms with Gasteiger partial charge in [0.2, 0.25) is 11.5 Å². The van der Waals surface area contributed by atoms with Crippen molar-refractivity contribution in [3.8, 4) is 22.5 Å². The summed E-state index contributed by atoms with van der Waals surface area (Å²) < 4.78 is 1.86. The molecule has 0 aliphatic rings. The Hall–Kier alpha value is -2.44. The maximum atomic E-state index is 12.7. The number of nitrogens with one attached hydrogen (secondary N) is 1. The molecule has 4 aromatic rings. The molecule has 1 atom stereocenters. The fourth-order valence-electron chi connectivity index (χ4n) is 2.97. The predicted octanol–water partition coefficient (Wildman–Crippen LogP) is 5.16. The Morgan fingerprint density at radius 3 is 1.97 bits per heavy atom. The molecule has 0 bridgehead atoms. The number of halogens is 2. The molecule has 168 valence electrons. The molecule has 0 aliphatic heterocycles. The summed E-state index contributed by atoms with van der Waals surface area (Å²) in [6.07, 6.45) is -0.581. The molecule has 4 rings (SSSR count). The van der Waals surface area contributed by atoms with Gasteiger partial charge in [0.1, 0.15) is 5.01 Å². The first-order valence-electron chi connectivity index (χ1n) is 9.50. The van der Waals surface area contributed by atoms with E-state index >= 15 is 0 Å². The van der Waals surface area contributed by atoms with Crippen molar-refractivity contribution >= 4 is 71.5 Å². The Labute approximate surface area is 214 Å². The third-order valence-electron chi connectivity index (χ3n) is 4.71. The van der Waals surface area contributed by atoms with Crippen LogP contribution in [-0.4, -0.2) is 26.9 Å². The summed E-state index contributed by atoms with van der Waals surface area (Å²) in [6, 6.07) is 15.0. The van der Waals surface area contributed by atoms with E-state index in [1.807, 2.05) is 53.9 Å². The van der Waals surface area contributed by atoms with E-state index in [0.29, 0.717) is 16.5 Å². The number of nitrogens with two attached hydrogens (primary N) is 1. The molecule has 11 heteroatoms. The maximum Gasteiger partial charge on any atom is 0.257 e. The number of nitrogens with zero attached hydrogens (tertiary/aromatic N) is 2. The van der Waals surface area contributed by atoms with Gasteiger partial charge in [0.05, 0.1) is 17.8 Å². The van der Waals surface area contributed by atoms with Gasteiger partial charge in [0, 0.05) is 30.8 Å². The fraction of sp³-hybridized carbons (Fsp3) is 0.0909. The van der Waals surface area contributed by atoms with E-state index in [-0.39, 0.29) is 5.01 Å². The Balaban J connectivity index is 1.50. The molecular weight excluding hydrogens is 592 g/mol. The molecule has 2 aromatic carbocycles. The number of carbonyl (C=O) groups excluding carboxylic acids is 2. The molecule has 0 saturated heterocycles. The van der Waals surface area contributed by atoms with Crippen molar-refractivity contribution in [2.45, 2.75) is 12.0 Å². The van der Waals surface area contributed by atoms with E-state index in [0.717, 1.165) is 31.4 Å². The molecule has 2 amide bonds. The molecule has 33 heavy (non-hydrogen) atoms. The molecule has 1 unspecified atom stereocenters. The average Bonchev–Trinajstić information content (AvgIpc) is 3.45. The Kier molecular flexibility index (Phi) is 7.05. The van der Waals surface area contributed by atoms with Gasteiger partial charge in [0.25, 0.3) is 5.91 Å². The smallest absolute Gasteiger partial charge is 0.257 e. The number of anilines is 1. The minimum atomic E-state index is -2.24. The summed E-state index contributed by atoms with van der Waals surface area (Å²) >= 11 is 9.07. The highest BCUT2D eigenvalue weighted by Gasteiger charge is 2.41. The lowest BCUT2D eigenvalue weighted by Gasteiger charge is -2.21. The third kappa shape index (κ3) is 5.39. The van der Waals surface area contributed by atoms with Crippen molar-refractivity contribution in [1.82, 2.24) is 9.97 Å². The molecule has 0 aliphatic carbocycles. The van der Waals surface area contributed by atoms with Crippen molar-refractivity contribution < 1.29 is 14.7 Å². The summed E-state index contributed by atoms with van der Waals surface area (Å²) in [5.41, 5.74) is 6.21. The summed E-state index contributed by atoms with van der Waals surface area (Å²) in [5, 5.41) is 17.6. The third-order valence-corrected chi connectivity index (χ3v) is 7.52. The van der Waals surface area contributed by atoms with Gasteiger partial charge in [-0.15, -0.1) is 22.7 Å². The van der Waals surface area contributed by atoms with Crippen LogP contribution in [0.5, 0.6) is 0 Å². The lowest BCUT2D eigenvalue weighted by Crippen LogP contribution is -2.43. The second-order valence-corrected chi connectivity index (χ2v) is 10.6. The van der Waals surface area contributed by atoms with Crippen LogP contribution in [0.15, 0.2) is 68.2 Å². The van der Waals surface area contributed by atoms with Gasteiger partial charge in [-0.05, 0) is 24.3 Å². The van der Waals surface area contributed by atoms with Gasteiger partial charge < -0.3 is 16.2 Å². The number of thiazole rings is 2. The number of hydrogen-bond acceptors (Lipinski definition) is 7. The second kappa shape index (κ2) is 9.82. The van der Waals surface area contributed by atoms with Gasteiger partial charge in [-0.2, -0.15) is 0 Å². The van der Waals surface area contributed by atoms with Crippen LogP contribution in [0.25, 0.3) is 22.5 Å². The van der Waals surface area contributed by atoms with Crippen LogP contribution >= 0.6 is 54.5 Å². The highest BCUT2D eigenvalue weighted by Crippen LogP contribution is 2.33. The maximum absolute atomic E-state index is 12.7. The normalized spacial score (nSPS) is 12.8. The van der Waals surface area contributed by atoms with Gasteiger partial charge in [-0.1, -0.05) is 56.1 Å². The van der Waals surface area contributed by atoms with Crippen LogP contribution in [-0.2, 0) is 15.2 Å². The van der Waals surface area contributed by atoms with E-state index in [2.05, 4.69) is 47.1 Å². The highest BCUT2D eigenvalue weighted by atomic mass is 79.9. The Morgan fingerprint density at radius 1 is 0.909 bits per heavy atom. The number of hydrogen-bond donors (Lipinski definition) is 3. The van der Waals surface area contributed by atoms with Crippen LogP contribution in [0, 0.1) is 0 Å². The van der Waals surface area contributed by atoms with Crippen LogP contribution in [0.3, 0.4) is 0 Å². The van der Waals surface area contributed by atoms with E-state index in [9.17, 15) is 14.7 Å². The van der Waals surface area contributed by atoms with Crippen molar-refractivity contribution in [1.29, 1.82) is 0 Å². The van der Waals surface area contributed by atoms with E-state index < -0.39 is 23.8 Å². The standard InChI is InChI=1S/C22H16Br2N4O3S2/c23-14-5-1-12(2-6-14)16-10-32-20(26-16)22(31,19(25)30)9-18(29)28-21-27-17(11-33-21)13-3-7-15(24)8-4-13/h1-8,10-11,31H,9H2,(H2,25,30)(H,27,28,29). The minimum absolute atomic E-state index is 0.0535. The first-order valence-corrected chi connectivity index (χ1v) is 12.8. The molecule has 2 heterocycles. The number of carbonyl (C=O) groups is 2. The molecule has 0 radical (unpaired) electrons. The largest absolute Gasteiger partial charge is 0.373 e. The molecule has 0 spiro atoms. The SMILES string of the molecule is NC(=O)C(O)(CC(=O)Nc1nc(-c2ccc(Br)cc2)cs1)c1nc(-c2ccc(Br)cc2)cs1. The van der Waals surface area contributed by atoms with Crippen LogP contribution in [0.2, 0.25) is 0 Å². The zero-order chi connectivity index (χ0) is 23.6. The molecule has 0 saturated carbocycles. The number of rotatable bonds is 7. The van der Waals surface area contributed by atoms with Crippen molar-refractivity contribution in [2.24, 2.45) is 5.73 Å². The Bertz CT molecular complexity index is 1310. The van der Waals surface area contributed by atoms with Gasteiger partial charge >= 0.3 is 0 Å². The van der Waals surface area contributed by atoms with E-state index in [1.54, 1.807) is 5.38 Å². The van der Waals surface area contributed by atoms with Gasteiger partial charge in [0.15, 0.2) is 5.13 Å². The summed E-state index contributed by atoms with van der Waals surface area (Å²) in [4.78, 5) is 33.6. The highest BCUT2D eigenvalue weighted by molar-refractivity contribution is 9.10. The molecule has 2 aromatic heterocycles. The monoisotopic (exact) mass is 606 g/mol. The summed E-state index contributed by atoms with van der Waals surface area (Å²) in [7, 11) is 0. The van der Waals surface area contributed by atoms with E-state index in [4.69, 9.17) is 5.73 Å². The lowest BCUT2D eigenvalue weighted by molar-refractivity contribution is -0.142. The van der Waals surface area contributed by atoms with Gasteiger partial charge in [-0.25, -0.2) is 9.97 Å². The zero-order valence-corrected chi connectivity index (χ0v) is 21.6. The fourth-order valence-corrected chi connectivity index (χ4v) is 5.16. The first kappa shape index (κ1) is 23.7. The topological polar surface area (TPSA) is 118 Å². The van der Waals surface area contributed by atoms with Gasteiger partial charge in [-0.3, -0.25) is 9.59 Å². The predicted molar refractivity (Wildman–Crippen MR) is 137 cm³/mol. The lowest BCUT2D eigenvalue weighted by atomic mass is 9.99. The minimum Gasteiger partial charge on any atom is -0.373 e. The van der Waals surface area contributed by atoms with Crippen LogP contribution in [0.4, 0.5) is 5.13 Å².